The van der Waals surface area contributed by atoms with Gasteiger partial charge >= 0.3 is 0 Å². The van der Waals surface area contributed by atoms with Crippen LogP contribution in [0.1, 0.15) is 11.7 Å². The Labute approximate surface area is 236 Å². The van der Waals surface area contributed by atoms with E-state index >= 15 is 0 Å². The van der Waals surface area contributed by atoms with Crippen LogP contribution in [0.15, 0.2) is 45.8 Å². The molecule has 3 heterocycles. The highest BCUT2D eigenvalue weighted by Gasteiger charge is 2.48. The van der Waals surface area contributed by atoms with Gasteiger partial charge < -0.3 is 69.7 Å². The number of aliphatic hydroxyl groups excluding tert-OH is 7. The number of hydrogen-bond acceptors (Lipinski definition) is 15. The zero-order valence-corrected chi connectivity index (χ0v) is 21.7. The van der Waals surface area contributed by atoms with E-state index < -0.39 is 97.1 Å². The van der Waals surface area contributed by atoms with Gasteiger partial charge in [0.2, 0.25) is 5.43 Å². The third kappa shape index (κ3) is 5.20. The summed E-state index contributed by atoms with van der Waals surface area (Å²) in [4.78, 5) is 13.4. The maximum Gasteiger partial charge on any atom is 0.200 e. The summed E-state index contributed by atoms with van der Waals surface area (Å²) in [5.41, 5.74) is -0.834. The first-order chi connectivity index (χ1) is 19.9. The van der Waals surface area contributed by atoms with E-state index in [4.69, 9.17) is 18.6 Å². The van der Waals surface area contributed by atoms with Crippen LogP contribution < -0.4 is 5.43 Å². The Morgan fingerprint density at radius 1 is 0.738 bits per heavy atom. The first-order valence-corrected chi connectivity index (χ1v) is 12.9. The van der Waals surface area contributed by atoms with Crippen LogP contribution in [-0.4, -0.2) is 119 Å². The molecule has 0 aliphatic carbocycles. The second-order valence-corrected chi connectivity index (χ2v) is 10.2. The van der Waals surface area contributed by atoms with Crippen LogP contribution in [0.5, 0.6) is 17.2 Å². The lowest BCUT2D eigenvalue weighted by molar-refractivity contribution is -0.314. The van der Waals surface area contributed by atoms with Crippen molar-refractivity contribution < 1.29 is 69.7 Å². The lowest BCUT2D eigenvalue weighted by Gasteiger charge is -2.43. The third-order valence-corrected chi connectivity index (χ3v) is 7.51. The third-order valence-electron chi connectivity index (χ3n) is 7.51. The Morgan fingerprint density at radius 2 is 1.40 bits per heavy atom. The van der Waals surface area contributed by atoms with E-state index in [1.54, 1.807) is 0 Å². The molecule has 0 radical (unpaired) electrons. The van der Waals surface area contributed by atoms with Crippen molar-refractivity contribution in [3.05, 3.63) is 52.4 Å². The average Bonchev–Trinajstić information content (AvgIpc) is 2.97. The molecule has 2 aliphatic rings. The molecule has 15 heteroatoms. The number of fused-ring (bicyclic) bond motifs is 1. The quantitative estimate of drug-likeness (QED) is 0.137. The van der Waals surface area contributed by atoms with E-state index in [1.165, 1.54) is 18.2 Å². The number of phenols is 3. The Kier molecular flexibility index (Phi) is 8.41. The zero-order chi connectivity index (χ0) is 30.5. The fraction of sp³-hybridized carbons (Fsp3) is 0.444. The molecule has 0 saturated carbocycles. The molecule has 0 unspecified atom stereocenters. The summed E-state index contributed by atoms with van der Waals surface area (Å²) in [6.07, 6.45) is -15.4. The van der Waals surface area contributed by atoms with Gasteiger partial charge in [-0.3, -0.25) is 4.79 Å². The predicted molar refractivity (Wildman–Crippen MR) is 138 cm³/mol. The number of hydrogen-bond donors (Lipinski definition) is 10. The molecule has 42 heavy (non-hydrogen) atoms. The lowest BCUT2D eigenvalue weighted by Crippen LogP contribution is -2.60. The lowest BCUT2D eigenvalue weighted by atomic mass is 9.89. The van der Waals surface area contributed by atoms with Gasteiger partial charge in [0, 0.05) is 0 Å². The molecule has 15 nitrogen and oxygen atoms in total. The summed E-state index contributed by atoms with van der Waals surface area (Å²) in [5, 5.41) is 102. The Morgan fingerprint density at radius 3 is 2.10 bits per heavy atom. The molecule has 1 aromatic heterocycles. The highest BCUT2D eigenvalue weighted by atomic mass is 16.7. The zero-order valence-electron chi connectivity index (χ0n) is 21.7. The average molecular weight is 595 g/mol. The van der Waals surface area contributed by atoms with Crippen molar-refractivity contribution in [3.63, 3.8) is 0 Å². The largest absolute Gasteiger partial charge is 0.507 e. The van der Waals surface area contributed by atoms with Crippen molar-refractivity contribution in [2.75, 3.05) is 13.2 Å². The van der Waals surface area contributed by atoms with Gasteiger partial charge in [0.1, 0.15) is 72.5 Å². The molecule has 228 valence electrons. The number of rotatable bonds is 6. The molecule has 2 fully saturated rings. The van der Waals surface area contributed by atoms with Gasteiger partial charge in [-0.15, -0.1) is 0 Å². The normalized spacial score (nSPS) is 33.6. The molecule has 5 rings (SSSR count). The molecule has 0 amide bonds. The Balaban J connectivity index is 1.45. The smallest absolute Gasteiger partial charge is 0.200 e. The van der Waals surface area contributed by atoms with Gasteiger partial charge in [-0.05, 0) is 29.8 Å². The van der Waals surface area contributed by atoms with Gasteiger partial charge in [0.25, 0.3) is 0 Å². The molecular formula is C27H30O15. The van der Waals surface area contributed by atoms with Crippen molar-refractivity contribution in [2.24, 2.45) is 0 Å². The van der Waals surface area contributed by atoms with Crippen molar-refractivity contribution in [2.45, 2.75) is 61.2 Å². The molecule has 2 aromatic carbocycles. The van der Waals surface area contributed by atoms with E-state index in [1.807, 2.05) is 0 Å². The summed E-state index contributed by atoms with van der Waals surface area (Å²) in [5.74, 6) is -1.35. The topological polar surface area (TPSA) is 260 Å². The molecule has 10 atom stereocenters. The van der Waals surface area contributed by atoms with E-state index in [-0.39, 0.29) is 27.7 Å². The number of ether oxygens (including phenoxy) is 3. The maximum atomic E-state index is 13.4. The van der Waals surface area contributed by atoms with E-state index in [0.29, 0.717) is 0 Å². The van der Waals surface area contributed by atoms with Gasteiger partial charge in [-0.25, -0.2) is 0 Å². The maximum absolute atomic E-state index is 13.4. The van der Waals surface area contributed by atoms with Crippen LogP contribution in [0, 0.1) is 0 Å². The van der Waals surface area contributed by atoms with Crippen molar-refractivity contribution in [1.82, 2.24) is 0 Å². The minimum atomic E-state index is -1.85. The Bertz CT molecular complexity index is 1490. The summed E-state index contributed by atoms with van der Waals surface area (Å²) < 4.78 is 22.2. The van der Waals surface area contributed by atoms with Crippen molar-refractivity contribution >= 4 is 11.0 Å². The molecule has 3 aromatic rings. The monoisotopic (exact) mass is 594 g/mol. The summed E-state index contributed by atoms with van der Waals surface area (Å²) in [6, 6.07) is 6.10. The minimum absolute atomic E-state index is 0.000753. The molecular weight excluding hydrogens is 564 g/mol. The molecule has 10 N–H and O–H groups in total. The molecule has 0 bridgehead atoms. The number of phenolic OH excluding ortho intramolecular Hbond substituents is 3. The molecule has 2 aliphatic heterocycles. The van der Waals surface area contributed by atoms with Crippen LogP contribution in [0.3, 0.4) is 0 Å². The SMILES string of the molecule is O=c1c(-c2ccc(O)c(O)c2)coc2c([C@@H]3O[C@H](CO[C@@H]4O[C@H](CO)[C@@H](O)[C@H](O)[C@H]4O)[C@@H](O)[C@H](O)[C@H]3O)c(O)ccc12. The molecule has 0 spiro atoms. The van der Waals surface area contributed by atoms with Crippen LogP contribution in [0.25, 0.3) is 22.1 Å². The summed E-state index contributed by atoms with van der Waals surface area (Å²) >= 11 is 0. The number of aliphatic hydroxyl groups is 7. The van der Waals surface area contributed by atoms with Gasteiger partial charge in [0.15, 0.2) is 17.8 Å². The van der Waals surface area contributed by atoms with Gasteiger partial charge in [0.05, 0.1) is 29.7 Å². The van der Waals surface area contributed by atoms with Crippen molar-refractivity contribution in [1.29, 1.82) is 0 Å². The highest BCUT2D eigenvalue weighted by molar-refractivity contribution is 5.86. The summed E-state index contributed by atoms with van der Waals surface area (Å²) in [7, 11) is 0. The first-order valence-electron chi connectivity index (χ1n) is 12.9. The van der Waals surface area contributed by atoms with Crippen LogP contribution in [0.4, 0.5) is 0 Å². The second kappa shape index (κ2) is 11.7. The van der Waals surface area contributed by atoms with E-state index in [2.05, 4.69) is 0 Å². The van der Waals surface area contributed by atoms with Crippen LogP contribution in [-0.2, 0) is 14.2 Å². The Hall–Kier alpha value is -3.35. The van der Waals surface area contributed by atoms with E-state index in [0.717, 1.165) is 18.4 Å². The fourth-order valence-corrected chi connectivity index (χ4v) is 5.10. The highest BCUT2D eigenvalue weighted by Crippen LogP contribution is 2.41. The number of aromatic hydroxyl groups is 3. The van der Waals surface area contributed by atoms with Crippen LogP contribution >= 0.6 is 0 Å². The predicted octanol–water partition coefficient (Wildman–Crippen LogP) is -2.08. The van der Waals surface area contributed by atoms with Crippen molar-refractivity contribution in [3.8, 4) is 28.4 Å². The standard InChI is InChI=1S/C27H30O15/c28-6-15-19(33)22(36)24(38)27(42-15)40-8-16-20(34)21(35)23(37)26(41-16)17-13(30)4-2-10-18(32)11(7-39-25(10)17)9-1-3-12(29)14(31)5-9/h1-5,7,15-16,19-24,26-31,33-38H,6,8H2/t15-,16-,19-,20-,21+,22+,23-,24-,26+,27-/m1/s1. The fourth-order valence-electron chi connectivity index (χ4n) is 5.10. The minimum Gasteiger partial charge on any atom is -0.507 e. The summed E-state index contributed by atoms with van der Waals surface area (Å²) in [6.45, 7) is -1.31. The van der Waals surface area contributed by atoms with E-state index in [9.17, 15) is 55.9 Å². The first kappa shape index (κ1) is 30.1. The van der Waals surface area contributed by atoms with Crippen LogP contribution in [0.2, 0.25) is 0 Å². The van der Waals surface area contributed by atoms with Gasteiger partial charge in [-0.2, -0.15) is 0 Å². The van der Waals surface area contributed by atoms with Gasteiger partial charge in [-0.1, -0.05) is 6.07 Å². The number of benzene rings is 2. The second-order valence-electron chi connectivity index (χ2n) is 10.2. The molecule has 2 saturated heterocycles.